The number of likely N-dealkylation sites (tertiary alicyclic amines) is 1. The Hall–Kier alpha value is -2.12. The quantitative estimate of drug-likeness (QED) is 0.819. The van der Waals surface area contributed by atoms with E-state index < -0.39 is 17.1 Å². The van der Waals surface area contributed by atoms with Crippen LogP contribution in [0.1, 0.15) is 32.8 Å². The molecule has 1 aromatic rings. The topological polar surface area (TPSA) is 80.4 Å². The van der Waals surface area contributed by atoms with Crippen LogP contribution in [-0.2, 0) is 24.4 Å². The molecule has 2 unspecified atom stereocenters. The minimum absolute atomic E-state index is 0.0793. The van der Waals surface area contributed by atoms with Crippen molar-refractivity contribution >= 4 is 17.7 Å². The molecule has 7 heteroatoms. The fourth-order valence-corrected chi connectivity index (χ4v) is 4.06. The first-order chi connectivity index (χ1) is 12.2. The van der Waals surface area contributed by atoms with E-state index in [4.69, 9.17) is 14.2 Å². The first-order valence-electron chi connectivity index (χ1n) is 8.84. The Bertz CT molecular complexity index is 759. The summed E-state index contributed by atoms with van der Waals surface area (Å²) in [5, 5.41) is 2.95. The normalized spacial score (nSPS) is 32.5. The summed E-state index contributed by atoms with van der Waals surface area (Å²) in [6.07, 6.45) is -0.534. The summed E-state index contributed by atoms with van der Waals surface area (Å²) in [5.41, 5.74) is 0.346. The van der Waals surface area contributed by atoms with Crippen LogP contribution in [0.4, 0.5) is 10.5 Å². The van der Waals surface area contributed by atoms with Gasteiger partial charge in [-0.3, -0.25) is 4.79 Å². The third-order valence-corrected chi connectivity index (χ3v) is 5.25. The van der Waals surface area contributed by atoms with Crippen LogP contribution in [0, 0.1) is 0 Å². The van der Waals surface area contributed by atoms with E-state index in [1.54, 1.807) is 12.0 Å². The molecular formula is C19H24N2O5. The third kappa shape index (κ3) is 2.66. The molecule has 0 aromatic heterocycles. The molecule has 1 N–H and O–H groups in total. The monoisotopic (exact) mass is 360 g/mol. The number of nitrogens with one attached hydrogen (secondary N) is 1. The number of benzene rings is 1. The molecule has 26 heavy (non-hydrogen) atoms. The van der Waals surface area contributed by atoms with Crippen LogP contribution in [0.25, 0.3) is 0 Å². The van der Waals surface area contributed by atoms with E-state index in [2.05, 4.69) is 5.32 Å². The van der Waals surface area contributed by atoms with Gasteiger partial charge >= 0.3 is 6.09 Å². The molecule has 1 aromatic carbocycles. The maximum atomic E-state index is 12.9. The molecule has 4 rings (SSSR count). The molecule has 3 heterocycles. The van der Waals surface area contributed by atoms with Crippen molar-refractivity contribution in [2.24, 2.45) is 0 Å². The summed E-state index contributed by atoms with van der Waals surface area (Å²) in [7, 11) is 1.57. The van der Waals surface area contributed by atoms with E-state index in [1.165, 1.54) is 0 Å². The summed E-state index contributed by atoms with van der Waals surface area (Å²) < 4.78 is 16.4. The lowest BCUT2D eigenvalue weighted by Crippen LogP contribution is -2.44. The van der Waals surface area contributed by atoms with Crippen molar-refractivity contribution in [1.29, 1.82) is 0 Å². The lowest BCUT2D eigenvalue weighted by molar-refractivity contribution is -0.120. The number of para-hydroxylation sites is 1. The molecule has 4 atom stereocenters. The number of carbonyl (C=O) groups is 2. The van der Waals surface area contributed by atoms with Crippen molar-refractivity contribution in [3.63, 3.8) is 0 Å². The van der Waals surface area contributed by atoms with Crippen molar-refractivity contribution in [1.82, 2.24) is 4.90 Å². The Morgan fingerprint density at radius 1 is 1.35 bits per heavy atom. The number of nitrogens with zero attached hydrogens (tertiary/aromatic N) is 1. The predicted octanol–water partition coefficient (Wildman–Crippen LogP) is 2.26. The zero-order valence-electron chi connectivity index (χ0n) is 15.4. The molecule has 2 saturated heterocycles. The van der Waals surface area contributed by atoms with Crippen LogP contribution in [0.3, 0.4) is 0 Å². The highest BCUT2D eigenvalue weighted by Crippen LogP contribution is 2.49. The molecule has 3 aliphatic rings. The molecule has 2 fully saturated rings. The standard InChI is InChI=1S/C19H24N2O5/c1-18(2,3)26-17(23)21-10-19(9-13(21)14-15(24-4)25-14)11-7-5-6-8-12(11)20-16(19)22/h5-8,13-15H,9-10H2,1-4H3,(H,20,22)/t13-,14?,15?,19-/m0/s1. The van der Waals surface area contributed by atoms with E-state index in [1.807, 2.05) is 45.0 Å². The molecule has 0 radical (unpaired) electrons. The Balaban J connectivity index is 1.68. The van der Waals surface area contributed by atoms with Crippen LogP contribution < -0.4 is 5.32 Å². The Morgan fingerprint density at radius 2 is 2.08 bits per heavy atom. The van der Waals surface area contributed by atoms with Crippen molar-refractivity contribution in [3.05, 3.63) is 29.8 Å². The van der Waals surface area contributed by atoms with Gasteiger partial charge in [-0.25, -0.2) is 4.79 Å². The lowest BCUT2D eigenvalue weighted by atomic mass is 9.79. The average Bonchev–Trinajstić information content (AvgIpc) is 3.16. The van der Waals surface area contributed by atoms with E-state index in [-0.39, 0.29) is 30.9 Å². The molecule has 140 valence electrons. The number of hydrogen-bond acceptors (Lipinski definition) is 5. The van der Waals surface area contributed by atoms with E-state index in [9.17, 15) is 9.59 Å². The van der Waals surface area contributed by atoms with Gasteiger partial charge in [-0.15, -0.1) is 0 Å². The van der Waals surface area contributed by atoms with Crippen molar-refractivity contribution in [3.8, 4) is 0 Å². The number of methoxy groups -OCH3 is 1. The minimum Gasteiger partial charge on any atom is -0.444 e. The van der Waals surface area contributed by atoms with Crippen molar-refractivity contribution < 1.29 is 23.8 Å². The highest BCUT2D eigenvalue weighted by atomic mass is 16.8. The number of carbonyl (C=O) groups excluding carboxylic acids is 2. The second-order valence-corrected chi connectivity index (χ2v) is 8.17. The molecular weight excluding hydrogens is 336 g/mol. The Labute approximate surface area is 152 Å². The maximum absolute atomic E-state index is 12.9. The van der Waals surface area contributed by atoms with Crippen LogP contribution in [-0.4, -0.2) is 54.6 Å². The second kappa shape index (κ2) is 5.69. The number of fused-ring (bicyclic) bond motifs is 2. The zero-order chi connectivity index (χ0) is 18.7. The highest BCUT2D eigenvalue weighted by Gasteiger charge is 2.62. The van der Waals surface area contributed by atoms with Crippen molar-refractivity contribution in [2.75, 3.05) is 19.0 Å². The van der Waals surface area contributed by atoms with Crippen LogP contribution in [0.2, 0.25) is 0 Å². The summed E-state index contributed by atoms with van der Waals surface area (Å²) in [6, 6.07) is 7.37. The first-order valence-corrected chi connectivity index (χ1v) is 8.84. The Kier molecular flexibility index (Phi) is 3.79. The fraction of sp³-hybridized carbons (Fsp3) is 0.579. The maximum Gasteiger partial charge on any atom is 0.410 e. The number of rotatable bonds is 2. The fourth-order valence-electron chi connectivity index (χ4n) is 4.06. The van der Waals surface area contributed by atoms with Crippen LogP contribution in [0.5, 0.6) is 0 Å². The average molecular weight is 360 g/mol. The number of amides is 2. The summed E-state index contributed by atoms with van der Waals surface area (Å²) in [4.78, 5) is 27.4. The van der Waals surface area contributed by atoms with Crippen molar-refractivity contribution in [2.45, 2.75) is 56.6 Å². The number of ether oxygens (including phenoxy) is 3. The van der Waals surface area contributed by atoms with Gasteiger partial charge in [0, 0.05) is 19.3 Å². The van der Waals surface area contributed by atoms with Gasteiger partial charge in [0.15, 0.2) is 6.29 Å². The smallest absolute Gasteiger partial charge is 0.410 e. The zero-order valence-corrected chi connectivity index (χ0v) is 15.4. The van der Waals surface area contributed by atoms with Crippen LogP contribution >= 0.6 is 0 Å². The van der Waals surface area contributed by atoms with Gasteiger partial charge in [-0.1, -0.05) is 18.2 Å². The SMILES string of the molecule is COC1OC1[C@@H]1C[C@@]2(CN1C(=O)OC(C)(C)C)C(=O)Nc1ccccc12. The van der Waals surface area contributed by atoms with Gasteiger partial charge in [0.1, 0.15) is 11.7 Å². The molecule has 0 bridgehead atoms. The summed E-state index contributed by atoms with van der Waals surface area (Å²) in [6.45, 7) is 5.75. The summed E-state index contributed by atoms with van der Waals surface area (Å²) in [5.74, 6) is -0.0793. The largest absolute Gasteiger partial charge is 0.444 e. The summed E-state index contributed by atoms with van der Waals surface area (Å²) >= 11 is 0. The van der Waals surface area contributed by atoms with Gasteiger partial charge in [-0.2, -0.15) is 0 Å². The van der Waals surface area contributed by atoms with Gasteiger partial charge in [0.2, 0.25) is 5.91 Å². The number of anilines is 1. The molecule has 0 aliphatic carbocycles. The highest BCUT2D eigenvalue weighted by molar-refractivity contribution is 6.07. The van der Waals surface area contributed by atoms with Gasteiger partial charge < -0.3 is 24.4 Å². The van der Waals surface area contributed by atoms with Gasteiger partial charge in [0.25, 0.3) is 0 Å². The number of epoxide rings is 1. The predicted molar refractivity (Wildman–Crippen MR) is 93.8 cm³/mol. The Morgan fingerprint density at radius 3 is 2.73 bits per heavy atom. The van der Waals surface area contributed by atoms with Crippen LogP contribution in [0.15, 0.2) is 24.3 Å². The first kappa shape index (κ1) is 17.3. The van der Waals surface area contributed by atoms with E-state index >= 15 is 0 Å². The molecule has 3 aliphatic heterocycles. The lowest BCUT2D eigenvalue weighted by Gasteiger charge is -2.28. The molecule has 0 saturated carbocycles. The third-order valence-electron chi connectivity index (χ3n) is 5.25. The number of hydrogen-bond donors (Lipinski definition) is 1. The van der Waals surface area contributed by atoms with E-state index in [0.717, 1.165) is 11.3 Å². The van der Waals surface area contributed by atoms with E-state index in [0.29, 0.717) is 6.42 Å². The minimum atomic E-state index is -0.775. The molecule has 7 nitrogen and oxygen atoms in total. The molecule has 1 spiro atoms. The van der Waals surface area contributed by atoms with Gasteiger partial charge in [0.05, 0.1) is 11.5 Å². The second-order valence-electron chi connectivity index (χ2n) is 8.17. The molecule has 2 amide bonds. The van der Waals surface area contributed by atoms with Gasteiger partial charge in [-0.05, 0) is 38.8 Å².